The van der Waals surface area contributed by atoms with E-state index in [4.69, 9.17) is 0 Å². The van der Waals surface area contributed by atoms with Gasteiger partial charge in [0.2, 0.25) is 0 Å². The molecule has 30 heavy (non-hydrogen) atoms. The van der Waals surface area contributed by atoms with Crippen LogP contribution in [0.15, 0.2) is 94.5 Å². The van der Waals surface area contributed by atoms with Crippen LogP contribution in [0.3, 0.4) is 0 Å². The summed E-state index contributed by atoms with van der Waals surface area (Å²) in [7, 11) is 3.27. The molecule has 3 aromatic carbocycles. The fourth-order valence-corrected chi connectivity index (χ4v) is 3.43. The predicted octanol–water partition coefficient (Wildman–Crippen LogP) is 2.41. The summed E-state index contributed by atoms with van der Waals surface area (Å²) in [6.07, 6.45) is 3.49. The van der Waals surface area contributed by atoms with Gasteiger partial charge in [-0.15, -0.1) is 0 Å². The fraction of sp³-hybridized carbons (Fsp3) is 0.0769. The Morgan fingerprint density at radius 3 is 1.43 bits per heavy atom. The maximum Gasteiger partial charge on any atom is 0.274 e. The Hall–Kier alpha value is -3.92. The SMILES string of the molecule is Cn1c(=O)c(=Cc2ccc(-c3ccccc3)cc2)n(C)c(=O)c1=Cc1ccccc1. The van der Waals surface area contributed by atoms with E-state index in [2.05, 4.69) is 12.1 Å². The molecule has 4 heteroatoms. The van der Waals surface area contributed by atoms with Crippen LogP contribution in [-0.4, -0.2) is 9.13 Å². The Morgan fingerprint density at radius 1 is 0.533 bits per heavy atom. The molecule has 4 rings (SSSR count). The Morgan fingerprint density at radius 2 is 0.933 bits per heavy atom. The zero-order chi connectivity index (χ0) is 21.1. The highest BCUT2D eigenvalue weighted by atomic mass is 16.1. The molecule has 0 atom stereocenters. The molecule has 0 aliphatic heterocycles. The van der Waals surface area contributed by atoms with Crippen LogP contribution in [0.2, 0.25) is 0 Å². The van der Waals surface area contributed by atoms with Gasteiger partial charge in [0.05, 0.1) is 0 Å². The van der Waals surface area contributed by atoms with Crippen molar-refractivity contribution in [3.05, 3.63) is 127 Å². The van der Waals surface area contributed by atoms with E-state index < -0.39 is 0 Å². The topological polar surface area (TPSA) is 44.0 Å². The first-order valence-electron chi connectivity index (χ1n) is 9.74. The van der Waals surface area contributed by atoms with E-state index in [1.54, 1.807) is 26.2 Å². The van der Waals surface area contributed by atoms with Crippen LogP contribution in [0.5, 0.6) is 0 Å². The maximum atomic E-state index is 13.0. The predicted molar refractivity (Wildman–Crippen MR) is 122 cm³/mol. The molecule has 1 aromatic heterocycles. The summed E-state index contributed by atoms with van der Waals surface area (Å²) >= 11 is 0. The van der Waals surface area contributed by atoms with Crippen molar-refractivity contribution in [2.45, 2.75) is 0 Å². The van der Waals surface area contributed by atoms with Crippen LogP contribution in [0.1, 0.15) is 11.1 Å². The zero-order valence-corrected chi connectivity index (χ0v) is 16.9. The molecule has 0 saturated carbocycles. The van der Waals surface area contributed by atoms with Crippen LogP contribution in [-0.2, 0) is 14.1 Å². The van der Waals surface area contributed by atoms with E-state index in [0.717, 1.165) is 22.3 Å². The monoisotopic (exact) mass is 394 g/mol. The molecule has 0 N–H and O–H groups in total. The average molecular weight is 394 g/mol. The number of aromatic nitrogens is 2. The number of hydrogen-bond acceptors (Lipinski definition) is 2. The van der Waals surface area contributed by atoms with Gasteiger partial charge >= 0.3 is 0 Å². The Labute approximate surface area is 174 Å². The van der Waals surface area contributed by atoms with Gasteiger partial charge in [-0.05, 0) is 34.4 Å². The van der Waals surface area contributed by atoms with Crippen LogP contribution in [0.25, 0.3) is 23.3 Å². The van der Waals surface area contributed by atoms with E-state index in [9.17, 15) is 9.59 Å². The summed E-state index contributed by atoms with van der Waals surface area (Å²) in [6.45, 7) is 0. The standard InChI is InChI=1S/C26H22N2O2/c1-27-23(17-19-9-5-3-6-10-19)25(29)28(2)24(26(27)30)18-20-13-15-22(16-14-20)21-11-7-4-8-12-21/h3-18H,1-2H3. The summed E-state index contributed by atoms with van der Waals surface area (Å²) < 4.78 is 2.84. The quantitative estimate of drug-likeness (QED) is 0.536. The highest BCUT2D eigenvalue weighted by Crippen LogP contribution is 2.19. The summed E-state index contributed by atoms with van der Waals surface area (Å²) in [5.41, 5.74) is 3.54. The first-order chi connectivity index (χ1) is 14.5. The van der Waals surface area contributed by atoms with E-state index in [1.807, 2.05) is 72.8 Å². The summed E-state index contributed by atoms with van der Waals surface area (Å²) in [6, 6.07) is 27.6. The highest BCUT2D eigenvalue weighted by molar-refractivity contribution is 5.65. The minimum atomic E-state index is -0.216. The number of benzene rings is 3. The second-order valence-corrected chi connectivity index (χ2v) is 7.19. The Bertz CT molecular complexity index is 1410. The van der Waals surface area contributed by atoms with Crippen molar-refractivity contribution in [1.29, 1.82) is 0 Å². The molecule has 0 aliphatic rings. The third-order valence-electron chi connectivity index (χ3n) is 5.19. The second kappa shape index (κ2) is 8.21. The van der Waals surface area contributed by atoms with E-state index in [0.29, 0.717) is 10.7 Å². The van der Waals surface area contributed by atoms with E-state index in [-0.39, 0.29) is 11.1 Å². The lowest BCUT2D eigenvalue weighted by molar-refractivity contribution is 0.696. The summed E-state index contributed by atoms with van der Waals surface area (Å²) in [5, 5.41) is 0.699. The Kier molecular flexibility index (Phi) is 5.31. The molecule has 0 unspecified atom stereocenters. The molecule has 148 valence electrons. The van der Waals surface area contributed by atoms with E-state index in [1.165, 1.54) is 9.13 Å². The van der Waals surface area contributed by atoms with Gasteiger partial charge in [-0.25, -0.2) is 0 Å². The first-order valence-corrected chi connectivity index (χ1v) is 9.74. The number of hydrogen-bond donors (Lipinski definition) is 0. The minimum Gasteiger partial charge on any atom is -0.305 e. The molecular formula is C26H22N2O2. The summed E-state index contributed by atoms with van der Waals surface area (Å²) in [5.74, 6) is 0. The lowest BCUT2D eigenvalue weighted by Crippen LogP contribution is -2.56. The van der Waals surface area contributed by atoms with Gasteiger partial charge in [-0.1, -0.05) is 84.9 Å². The fourth-order valence-electron chi connectivity index (χ4n) is 3.43. The van der Waals surface area contributed by atoms with Crippen molar-refractivity contribution in [2.24, 2.45) is 14.1 Å². The van der Waals surface area contributed by atoms with E-state index >= 15 is 0 Å². The van der Waals surface area contributed by atoms with Crippen LogP contribution >= 0.6 is 0 Å². The van der Waals surface area contributed by atoms with Crippen LogP contribution < -0.4 is 21.8 Å². The molecule has 0 fully saturated rings. The summed E-state index contributed by atoms with van der Waals surface area (Å²) in [4.78, 5) is 25.9. The lowest BCUT2D eigenvalue weighted by Gasteiger charge is -2.06. The van der Waals surface area contributed by atoms with Crippen LogP contribution in [0.4, 0.5) is 0 Å². The Balaban J connectivity index is 1.82. The molecule has 4 nitrogen and oxygen atoms in total. The van der Waals surface area contributed by atoms with Gasteiger partial charge in [0.1, 0.15) is 10.7 Å². The molecule has 4 aromatic rings. The van der Waals surface area contributed by atoms with Crippen molar-refractivity contribution in [2.75, 3.05) is 0 Å². The van der Waals surface area contributed by atoms with Gasteiger partial charge in [-0.3, -0.25) is 9.59 Å². The molecule has 0 aliphatic carbocycles. The van der Waals surface area contributed by atoms with Gasteiger partial charge in [-0.2, -0.15) is 0 Å². The number of rotatable bonds is 3. The molecule has 0 amide bonds. The van der Waals surface area contributed by atoms with Crippen molar-refractivity contribution in [3.8, 4) is 11.1 Å². The van der Waals surface area contributed by atoms with Crippen LogP contribution in [0, 0.1) is 0 Å². The minimum absolute atomic E-state index is 0.215. The average Bonchev–Trinajstić information content (AvgIpc) is 2.80. The second-order valence-electron chi connectivity index (χ2n) is 7.19. The smallest absolute Gasteiger partial charge is 0.274 e. The van der Waals surface area contributed by atoms with Crippen molar-refractivity contribution < 1.29 is 0 Å². The van der Waals surface area contributed by atoms with Gasteiger partial charge in [0, 0.05) is 14.1 Å². The van der Waals surface area contributed by atoms with Gasteiger partial charge in [0.25, 0.3) is 11.1 Å². The molecular weight excluding hydrogens is 372 g/mol. The third-order valence-corrected chi connectivity index (χ3v) is 5.19. The van der Waals surface area contributed by atoms with Crippen molar-refractivity contribution >= 4 is 12.2 Å². The molecule has 0 spiro atoms. The van der Waals surface area contributed by atoms with Crippen molar-refractivity contribution in [3.63, 3.8) is 0 Å². The number of nitrogens with zero attached hydrogens (tertiary/aromatic N) is 2. The van der Waals surface area contributed by atoms with Gasteiger partial charge < -0.3 is 9.13 Å². The first kappa shape index (κ1) is 19.4. The largest absolute Gasteiger partial charge is 0.305 e. The normalized spacial score (nSPS) is 12.3. The molecule has 0 saturated heterocycles. The molecule has 0 bridgehead atoms. The van der Waals surface area contributed by atoms with Crippen molar-refractivity contribution in [1.82, 2.24) is 9.13 Å². The maximum absolute atomic E-state index is 13.0. The zero-order valence-electron chi connectivity index (χ0n) is 16.9. The molecule has 1 heterocycles. The highest BCUT2D eigenvalue weighted by Gasteiger charge is 2.06. The third kappa shape index (κ3) is 3.80. The van der Waals surface area contributed by atoms with Gasteiger partial charge in [0.15, 0.2) is 0 Å². The molecule has 0 radical (unpaired) electrons. The lowest BCUT2D eigenvalue weighted by atomic mass is 10.0.